The maximum absolute atomic E-state index is 2.37. The number of hydrogen-bond donors (Lipinski definition) is 0. The normalized spacial score (nSPS) is 11.5. The molecule has 0 aliphatic carbocycles. The lowest BCUT2D eigenvalue weighted by atomic mass is 10.1. The van der Waals surface area contributed by atoms with Crippen molar-refractivity contribution in [3.8, 4) is 0 Å². The van der Waals surface area contributed by atoms with Gasteiger partial charge in [-0.25, -0.2) is 9.13 Å². The van der Waals surface area contributed by atoms with Gasteiger partial charge in [0.1, 0.15) is 13.1 Å². The molecule has 0 atom stereocenters. The molecule has 4 heteroatoms. The largest absolute Gasteiger partial charge is 0.372 e. The fraction of sp³-hybridized carbons (Fsp3) is 0.381. The molecule has 4 rings (SSSR count). The maximum Gasteiger partial charge on any atom is 0.172 e. The zero-order chi connectivity index (χ0) is 32.7. The number of rotatable bonds is 17. The Balaban J connectivity index is 1.17. The van der Waals surface area contributed by atoms with Gasteiger partial charge in [-0.3, -0.25) is 0 Å². The van der Waals surface area contributed by atoms with Gasteiger partial charge in [0.15, 0.2) is 24.8 Å². The van der Waals surface area contributed by atoms with Gasteiger partial charge in [0.2, 0.25) is 0 Å². The topological polar surface area (TPSA) is 14.2 Å². The van der Waals surface area contributed by atoms with E-state index in [-0.39, 0.29) is 0 Å². The second-order valence-electron chi connectivity index (χ2n) is 12.3. The molecule has 242 valence electrons. The fourth-order valence-electron chi connectivity index (χ4n) is 6.08. The molecule has 4 aromatic rings. The Hall–Kier alpha value is -4.18. The van der Waals surface area contributed by atoms with E-state index in [2.05, 4.69) is 170 Å². The van der Waals surface area contributed by atoms with Crippen LogP contribution in [0.5, 0.6) is 0 Å². The molecule has 2 heterocycles. The van der Waals surface area contributed by atoms with Gasteiger partial charge in [-0.1, -0.05) is 48.6 Å². The molecular weight excluding hydrogens is 560 g/mol. The molecule has 2 aromatic carbocycles. The number of pyridine rings is 2. The summed E-state index contributed by atoms with van der Waals surface area (Å²) in [7, 11) is 0. The predicted molar refractivity (Wildman–Crippen MR) is 199 cm³/mol. The van der Waals surface area contributed by atoms with Crippen LogP contribution in [0.25, 0.3) is 24.3 Å². The lowest BCUT2D eigenvalue weighted by Crippen LogP contribution is -2.34. The summed E-state index contributed by atoms with van der Waals surface area (Å²) in [5, 5.41) is 0. The summed E-state index contributed by atoms with van der Waals surface area (Å²) in [6, 6.07) is 22.2. The highest BCUT2D eigenvalue weighted by atomic mass is 15.1. The lowest BCUT2D eigenvalue weighted by Gasteiger charge is -2.20. The van der Waals surface area contributed by atoms with Crippen LogP contribution in [0, 0.1) is 13.8 Å². The second kappa shape index (κ2) is 18.1. The quantitative estimate of drug-likeness (QED) is 0.0868. The van der Waals surface area contributed by atoms with Gasteiger partial charge in [-0.15, -0.1) is 0 Å². The Bertz CT molecular complexity index is 1420. The van der Waals surface area contributed by atoms with Gasteiger partial charge in [-0.2, -0.15) is 0 Å². The van der Waals surface area contributed by atoms with E-state index in [1.165, 1.54) is 70.4 Å². The van der Waals surface area contributed by atoms with Gasteiger partial charge in [0.25, 0.3) is 0 Å². The molecule has 4 nitrogen and oxygen atoms in total. The second-order valence-corrected chi connectivity index (χ2v) is 12.3. The van der Waals surface area contributed by atoms with Gasteiger partial charge in [-0.05, 0) is 101 Å². The van der Waals surface area contributed by atoms with E-state index in [1.54, 1.807) is 0 Å². The number of nitrogens with zero attached hydrogens (tertiary/aromatic N) is 4. The van der Waals surface area contributed by atoms with E-state index < -0.39 is 0 Å². The van der Waals surface area contributed by atoms with Crippen LogP contribution in [0.2, 0.25) is 0 Å². The first-order chi connectivity index (χ1) is 22.4. The summed E-state index contributed by atoms with van der Waals surface area (Å²) in [4.78, 5) is 4.75. The van der Waals surface area contributed by atoms with Crippen LogP contribution in [0.15, 0.2) is 85.5 Å². The molecule has 0 fully saturated rings. The molecule has 0 saturated carbocycles. The van der Waals surface area contributed by atoms with Crippen molar-refractivity contribution in [2.24, 2.45) is 0 Å². The third kappa shape index (κ3) is 10.2. The van der Waals surface area contributed by atoms with Crippen molar-refractivity contribution in [1.82, 2.24) is 0 Å². The zero-order valence-corrected chi connectivity index (χ0v) is 29.3. The molecular formula is C42H56N4+2. The minimum atomic E-state index is 1.04. The molecule has 0 bridgehead atoms. The molecule has 0 aliphatic heterocycles. The standard InChI is InChI=1S/C42H56N4/c1-7-45(8-2)41-23-17-37(18-24-41)15-21-39-27-31-43(33-35(39)5)29-13-11-12-14-30-44-32-28-40(36(6)34-44)22-16-38-19-25-42(26-20-38)46(9-3)10-4/h15-28,31-34H,7-14,29-30H2,1-6H3/q+2. The Morgan fingerprint density at radius 1 is 0.478 bits per heavy atom. The van der Waals surface area contributed by atoms with Crippen LogP contribution in [-0.2, 0) is 13.1 Å². The number of benzene rings is 2. The highest BCUT2D eigenvalue weighted by Gasteiger charge is 2.07. The maximum atomic E-state index is 2.37. The third-order valence-electron chi connectivity index (χ3n) is 9.06. The summed E-state index contributed by atoms with van der Waals surface area (Å²) < 4.78 is 4.69. The van der Waals surface area contributed by atoms with Crippen molar-refractivity contribution in [3.05, 3.63) is 119 Å². The Labute approximate surface area is 279 Å². The van der Waals surface area contributed by atoms with Gasteiger partial charge in [0, 0.05) is 73.7 Å². The van der Waals surface area contributed by atoms with Crippen molar-refractivity contribution < 1.29 is 9.13 Å². The molecule has 0 saturated heterocycles. The average Bonchev–Trinajstić information content (AvgIpc) is 3.08. The van der Waals surface area contributed by atoms with Crippen molar-refractivity contribution in [2.45, 2.75) is 80.3 Å². The van der Waals surface area contributed by atoms with E-state index >= 15 is 0 Å². The number of anilines is 2. The third-order valence-corrected chi connectivity index (χ3v) is 9.06. The molecule has 46 heavy (non-hydrogen) atoms. The first kappa shape index (κ1) is 34.7. The van der Waals surface area contributed by atoms with E-state index in [4.69, 9.17) is 0 Å². The molecule has 0 amide bonds. The van der Waals surface area contributed by atoms with Crippen LogP contribution in [0.1, 0.15) is 86.8 Å². The zero-order valence-electron chi connectivity index (χ0n) is 29.3. The van der Waals surface area contributed by atoms with Crippen molar-refractivity contribution in [1.29, 1.82) is 0 Å². The van der Waals surface area contributed by atoms with Gasteiger partial charge >= 0.3 is 0 Å². The summed E-state index contributed by atoms with van der Waals surface area (Å²) in [6.45, 7) is 19.5. The molecule has 0 aliphatic rings. The summed E-state index contributed by atoms with van der Waals surface area (Å²) >= 11 is 0. The first-order valence-electron chi connectivity index (χ1n) is 17.5. The van der Waals surface area contributed by atoms with Crippen LogP contribution in [0.4, 0.5) is 11.4 Å². The highest BCUT2D eigenvalue weighted by molar-refractivity contribution is 5.72. The highest BCUT2D eigenvalue weighted by Crippen LogP contribution is 2.19. The smallest absolute Gasteiger partial charge is 0.172 e. The molecule has 0 N–H and O–H groups in total. The first-order valence-corrected chi connectivity index (χ1v) is 17.5. The Kier molecular flexibility index (Phi) is 13.6. The van der Waals surface area contributed by atoms with Crippen LogP contribution in [0.3, 0.4) is 0 Å². The minimum absolute atomic E-state index is 1.04. The van der Waals surface area contributed by atoms with Crippen LogP contribution >= 0.6 is 0 Å². The van der Waals surface area contributed by atoms with E-state index in [0.29, 0.717) is 0 Å². The fourth-order valence-corrected chi connectivity index (χ4v) is 6.08. The molecule has 0 radical (unpaired) electrons. The number of hydrogen-bond acceptors (Lipinski definition) is 2. The lowest BCUT2D eigenvalue weighted by molar-refractivity contribution is -0.699. The predicted octanol–water partition coefficient (Wildman–Crippen LogP) is 9.17. The van der Waals surface area contributed by atoms with Crippen molar-refractivity contribution >= 4 is 35.7 Å². The molecule has 0 spiro atoms. The van der Waals surface area contributed by atoms with Crippen molar-refractivity contribution in [2.75, 3.05) is 36.0 Å². The van der Waals surface area contributed by atoms with Crippen LogP contribution in [-0.4, -0.2) is 26.2 Å². The summed E-state index contributed by atoms with van der Waals surface area (Å²) in [5.74, 6) is 0. The van der Waals surface area contributed by atoms with Crippen molar-refractivity contribution in [3.63, 3.8) is 0 Å². The Morgan fingerprint density at radius 2 is 0.848 bits per heavy atom. The van der Waals surface area contributed by atoms with Gasteiger partial charge in [0.05, 0.1) is 0 Å². The number of aromatic nitrogens is 2. The number of aryl methyl sites for hydroxylation is 4. The Morgan fingerprint density at radius 3 is 1.17 bits per heavy atom. The molecule has 0 unspecified atom stereocenters. The average molecular weight is 617 g/mol. The minimum Gasteiger partial charge on any atom is -0.372 e. The van der Waals surface area contributed by atoms with Crippen LogP contribution < -0.4 is 18.9 Å². The summed E-state index contributed by atoms with van der Waals surface area (Å²) in [5.41, 5.74) is 10.2. The SMILES string of the molecule is CCN(CC)c1ccc(/C=C/c2cc[n+](CCCCCC[n+]3ccc(/C=C/c4ccc(N(CC)CC)cc4)c(C)c3)cc2C)cc1. The monoisotopic (exact) mass is 616 g/mol. The summed E-state index contributed by atoms with van der Waals surface area (Å²) in [6.07, 6.45) is 22.9. The van der Waals surface area contributed by atoms with Gasteiger partial charge < -0.3 is 9.80 Å². The van der Waals surface area contributed by atoms with E-state index in [0.717, 1.165) is 39.3 Å². The van der Waals surface area contributed by atoms with E-state index in [9.17, 15) is 0 Å². The molecule has 2 aromatic heterocycles. The number of unbranched alkanes of at least 4 members (excludes halogenated alkanes) is 3. The van der Waals surface area contributed by atoms with E-state index in [1.807, 2.05) is 0 Å².